The van der Waals surface area contributed by atoms with E-state index in [4.69, 9.17) is 14.2 Å². The smallest absolute Gasteiger partial charge is 0.228 e. The van der Waals surface area contributed by atoms with Crippen LogP contribution < -0.4 is 14.2 Å². The Bertz CT molecular complexity index is 553. The number of hydrogen-bond donors (Lipinski definition) is 1. The SMILES string of the molecule is COc1cc(C(=O)c2ncc[nH]2)cc(OC)c1OC. The number of H-pyrrole nitrogens is 1. The third-order valence-corrected chi connectivity index (χ3v) is 2.64. The molecule has 0 unspecified atom stereocenters. The maximum absolute atomic E-state index is 12.2. The lowest BCUT2D eigenvalue weighted by atomic mass is 10.1. The zero-order valence-electron chi connectivity index (χ0n) is 10.9. The lowest BCUT2D eigenvalue weighted by molar-refractivity contribution is 0.102. The lowest BCUT2D eigenvalue weighted by Gasteiger charge is -2.13. The molecular formula is C13H14N2O4. The lowest BCUT2D eigenvalue weighted by Crippen LogP contribution is -2.05. The van der Waals surface area contributed by atoms with E-state index in [1.165, 1.54) is 27.5 Å². The van der Waals surface area contributed by atoms with Crippen LogP contribution in [0.15, 0.2) is 24.5 Å². The van der Waals surface area contributed by atoms with Crippen molar-refractivity contribution in [2.24, 2.45) is 0 Å². The van der Waals surface area contributed by atoms with Gasteiger partial charge in [0.2, 0.25) is 11.5 Å². The number of aromatic amines is 1. The Labute approximate surface area is 110 Å². The Balaban J connectivity index is 2.50. The monoisotopic (exact) mass is 262 g/mol. The number of imidazole rings is 1. The minimum Gasteiger partial charge on any atom is -0.493 e. The topological polar surface area (TPSA) is 73.4 Å². The van der Waals surface area contributed by atoms with Gasteiger partial charge in [-0.05, 0) is 12.1 Å². The van der Waals surface area contributed by atoms with E-state index < -0.39 is 0 Å². The van der Waals surface area contributed by atoms with Crippen molar-refractivity contribution in [2.75, 3.05) is 21.3 Å². The number of benzene rings is 1. The molecule has 100 valence electrons. The molecule has 0 saturated heterocycles. The van der Waals surface area contributed by atoms with Crippen LogP contribution in [0.4, 0.5) is 0 Å². The van der Waals surface area contributed by atoms with Gasteiger partial charge in [-0.25, -0.2) is 4.98 Å². The van der Waals surface area contributed by atoms with E-state index in [9.17, 15) is 4.79 Å². The number of rotatable bonds is 5. The molecule has 0 aliphatic heterocycles. The minimum absolute atomic E-state index is 0.246. The number of methoxy groups -OCH3 is 3. The number of nitrogens with zero attached hydrogens (tertiary/aromatic N) is 1. The highest BCUT2D eigenvalue weighted by Crippen LogP contribution is 2.38. The van der Waals surface area contributed by atoms with E-state index in [1.807, 2.05) is 0 Å². The number of hydrogen-bond acceptors (Lipinski definition) is 5. The van der Waals surface area contributed by atoms with Gasteiger partial charge in [0.05, 0.1) is 21.3 Å². The predicted molar refractivity (Wildman–Crippen MR) is 68.1 cm³/mol. The summed E-state index contributed by atoms with van der Waals surface area (Å²) >= 11 is 0. The predicted octanol–water partition coefficient (Wildman–Crippen LogP) is 1.67. The number of aromatic nitrogens is 2. The van der Waals surface area contributed by atoms with Gasteiger partial charge in [-0.2, -0.15) is 0 Å². The van der Waals surface area contributed by atoms with Crippen molar-refractivity contribution < 1.29 is 19.0 Å². The molecule has 6 heteroatoms. The third-order valence-electron chi connectivity index (χ3n) is 2.64. The first-order chi connectivity index (χ1) is 9.21. The fourth-order valence-corrected chi connectivity index (χ4v) is 1.74. The molecule has 0 fully saturated rings. The van der Waals surface area contributed by atoms with Crippen molar-refractivity contribution in [3.05, 3.63) is 35.9 Å². The molecule has 19 heavy (non-hydrogen) atoms. The van der Waals surface area contributed by atoms with E-state index in [0.717, 1.165) is 0 Å². The molecule has 6 nitrogen and oxygen atoms in total. The average Bonchev–Trinajstić information content (AvgIpc) is 2.98. The summed E-state index contributed by atoms with van der Waals surface area (Å²) in [7, 11) is 4.51. The summed E-state index contributed by atoms with van der Waals surface area (Å²) in [5.41, 5.74) is 0.407. The molecule has 1 N–H and O–H groups in total. The highest BCUT2D eigenvalue weighted by atomic mass is 16.5. The summed E-state index contributed by atoms with van der Waals surface area (Å²) < 4.78 is 15.6. The summed E-state index contributed by atoms with van der Waals surface area (Å²) in [5, 5.41) is 0. The minimum atomic E-state index is -0.246. The van der Waals surface area contributed by atoms with Gasteiger partial charge in [0.1, 0.15) is 0 Å². The second-order valence-corrected chi connectivity index (χ2v) is 3.68. The van der Waals surface area contributed by atoms with Crippen LogP contribution >= 0.6 is 0 Å². The normalized spacial score (nSPS) is 10.1. The first kappa shape index (κ1) is 12.9. The Morgan fingerprint density at radius 2 is 1.74 bits per heavy atom. The van der Waals surface area contributed by atoms with E-state index in [2.05, 4.69) is 9.97 Å². The van der Waals surface area contributed by atoms with Gasteiger partial charge in [-0.15, -0.1) is 0 Å². The molecule has 1 aromatic carbocycles. The first-order valence-electron chi connectivity index (χ1n) is 5.55. The molecular weight excluding hydrogens is 248 g/mol. The van der Waals surface area contributed by atoms with Gasteiger partial charge in [-0.3, -0.25) is 4.79 Å². The van der Waals surface area contributed by atoms with Crippen molar-refractivity contribution >= 4 is 5.78 Å². The van der Waals surface area contributed by atoms with Gasteiger partial charge < -0.3 is 19.2 Å². The summed E-state index contributed by atoms with van der Waals surface area (Å²) in [6.07, 6.45) is 3.11. The van der Waals surface area contributed by atoms with Gasteiger partial charge in [0.25, 0.3) is 0 Å². The second kappa shape index (κ2) is 5.43. The van der Waals surface area contributed by atoms with E-state index >= 15 is 0 Å². The van der Waals surface area contributed by atoms with Crippen LogP contribution in [-0.2, 0) is 0 Å². The number of ether oxygens (including phenoxy) is 3. The Kier molecular flexibility index (Phi) is 3.70. The standard InChI is InChI=1S/C13H14N2O4/c1-17-9-6-8(7-10(18-2)12(9)19-3)11(16)13-14-4-5-15-13/h4-7H,1-3H3,(H,14,15). The van der Waals surface area contributed by atoms with E-state index in [-0.39, 0.29) is 11.6 Å². The van der Waals surface area contributed by atoms with Gasteiger partial charge in [0, 0.05) is 18.0 Å². The van der Waals surface area contributed by atoms with Crippen molar-refractivity contribution in [3.63, 3.8) is 0 Å². The van der Waals surface area contributed by atoms with Crippen molar-refractivity contribution in [3.8, 4) is 17.2 Å². The Morgan fingerprint density at radius 3 is 2.16 bits per heavy atom. The molecule has 0 bridgehead atoms. The summed E-state index contributed by atoms with van der Waals surface area (Å²) in [6, 6.07) is 3.18. The van der Waals surface area contributed by atoms with Crippen LogP contribution in [0.2, 0.25) is 0 Å². The van der Waals surface area contributed by atoms with Crippen molar-refractivity contribution in [1.29, 1.82) is 0 Å². The Morgan fingerprint density at radius 1 is 1.11 bits per heavy atom. The molecule has 0 aliphatic carbocycles. The van der Waals surface area contributed by atoms with Crippen LogP contribution in [0.1, 0.15) is 16.2 Å². The number of carbonyl (C=O) groups is 1. The van der Waals surface area contributed by atoms with E-state index in [1.54, 1.807) is 18.3 Å². The van der Waals surface area contributed by atoms with Crippen molar-refractivity contribution in [2.45, 2.75) is 0 Å². The van der Waals surface area contributed by atoms with Crippen LogP contribution in [0, 0.1) is 0 Å². The van der Waals surface area contributed by atoms with Gasteiger partial charge in [-0.1, -0.05) is 0 Å². The number of carbonyl (C=O) groups excluding carboxylic acids is 1. The number of nitrogens with one attached hydrogen (secondary N) is 1. The number of ketones is 1. The molecule has 0 amide bonds. The molecule has 0 radical (unpaired) electrons. The Hall–Kier alpha value is -2.50. The highest BCUT2D eigenvalue weighted by molar-refractivity contribution is 6.07. The summed E-state index contributed by atoms with van der Waals surface area (Å²) in [6.45, 7) is 0. The molecule has 0 saturated carbocycles. The molecule has 1 aromatic heterocycles. The van der Waals surface area contributed by atoms with E-state index in [0.29, 0.717) is 22.8 Å². The zero-order chi connectivity index (χ0) is 13.8. The molecule has 2 rings (SSSR count). The third kappa shape index (κ3) is 2.37. The van der Waals surface area contributed by atoms with Gasteiger partial charge in [0.15, 0.2) is 17.3 Å². The van der Waals surface area contributed by atoms with Gasteiger partial charge >= 0.3 is 0 Å². The van der Waals surface area contributed by atoms with Crippen LogP contribution in [0.3, 0.4) is 0 Å². The van der Waals surface area contributed by atoms with Crippen LogP contribution in [0.25, 0.3) is 0 Å². The molecule has 1 heterocycles. The molecule has 0 spiro atoms. The molecule has 0 aliphatic rings. The quantitative estimate of drug-likeness (QED) is 0.830. The molecule has 2 aromatic rings. The zero-order valence-corrected chi connectivity index (χ0v) is 10.9. The van der Waals surface area contributed by atoms with Crippen molar-refractivity contribution in [1.82, 2.24) is 9.97 Å². The highest BCUT2D eigenvalue weighted by Gasteiger charge is 2.19. The largest absolute Gasteiger partial charge is 0.493 e. The maximum Gasteiger partial charge on any atom is 0.228 e. The summed E-state index contributed by atoms with van der Waals surface area (Å²) in [5.74, 6) is 1.31. The summed E-state index contributed by atoms with van der Waals surface area (Å²) in [4.78, 5) is 18.9. The second-order valence-electron chi connectivity index (χ2n) is 3.68. The maximum atomic E-state index is 12.2. The fraction of sp³-hybridized carbons (Fsp3) is 0.231. The average molecular weight is 262 g/mol. The first-order valence-corrected chi connectivity index (χ1v) is 5.55. The van der Waals surface area contributed by atoms with Crippen LogP contribution in [0.5, 0.6) is 17.2 Å². The van der Waals surface area contributed by atoms with Crippen LogP contribution in [-0.4, -0.2) is 37.1 Å². The fourth-order valence-electron chi connectivity index (χ4n) is 1.74. The molecule has 0 atom stereocenters.